The van der Waals surface area contributed by atoms with E-state index in [1.54, 1.807) is 0 Å². The Bertz CT molecular complexity index is 3130. The Morgan fingerprint density at radius 3 is 1.60 bits per heavy atom. The van der Waals surface area contributed by atoms with Crippen LogP contribution in [-0.2, 0) is 5.41 Å². The van der Waals surface area contributed by atoms with Crippen molar-refractivity contribution in [1.82, 2.24) is 0 Å². The molecule has 0 saturated heterocycles. The number of fused-ring (bicyclic) bond motifs is 13. The number of furan rings is 1. The number of para-hydroxylation sites is 2. The zero-order valence-corrected chi connectivity index (χ0v) is 31.1. The van der Waals surface area contributed by atoms with E-state index in [0.29, 0.717) is 0 Å². The summed E-state index contributed by atoms with van der Waals surface area (Å²) in [7, 11) is 0. The van der Waals surface area contributed by atoms with Gasteiger partial charge in [-0.1, -0.05) is 164 Å². The van der Waals surface area contributed by atoms with Crippen LogP contribution in [0.2, 0.25) is 0 Å². The molecule has 0 fully saturated rings. The first-order valence-electron chi connectivity index (χ1n) is 19.7. The molecule has 0 radical (unpaired) electrons. The van der Waals surface area contributed by atoms with E-state index >= 15 is 0 Å². The average Bonchev–Trinajstić information content (AvgIpc) is 3.91. The smallest absolute Gasteiger partial charge is 0.135 e. The topological polar surface area (TPSA) is 16.4 Å². The second kappa shape index (κ2) is 12.3. The van der Waals surface area contributed by atoms with E-state index in [0.717, 1.165) is 50.1 Å². The van der Waals surface area contributed by atoms with Gasteiger partial charge in [0.05, 0.1) is 11.1 Å². The highest BCUT2D eigenvalue weighted by molar-refractivity contribution is 6.08. The second-order valence-corrected chi connectivity index (χ2v) is 15.2. The van der Waals surface area contributed by atoms with Crippen LogP contribution in [-0.4, -0.2) is 0 Å². The lowest BCUT2D eigenvalue weighted by atomic mass is 9.70. The van der Waals surface area contributed by atoms with Crippen molar-refractivity contribution in [2.24, 2.45) is 0 Å². The van der Waals surface area contributed by atoms with Gasteiger partial charge in [-0.3, -0.25) is 0 Å². The van der Waals surface area contributed by atoms with Crippen molar-refractivity contribution in [2.75, 3.05) is 4.90 Å². The third kappa shape index (κ3) is 4.53. The van der Waals surface area contributed by atoms with Crippen LogP contribution in [0.5, 0.6) is 0 Å². The summed E-state index contributed by atoms with van der Waals surface area (Å²) in [4.78, 5) is 2.46. The maximum Gasteiger partial charge on any atom is 0.135 e. The quantitative estimate of drug-likeness (QED) is 0.176. The molecule has 0 N–H and O–H groups in total. The Labute approximate surface area is 331 Å². The number of nitrogens with zero attached hydrogens (tertiary/aromatic N) is 1. The van der Waals surface area contributed by atoms with Crippen LogP contribution in [0.4, 0.5) is 17.1 Å². The third-order valence-corrected chi connectivity index (χ3v) is 12.3. The summed E-state index contributed by atoms with van der Waals surface area (Å²) in [6.45, 7) is 0. The lowest BCUT2D eigenvalue weighted by Gasteiger charge is -2.33. The first kappa shape index (κ1) is 31.9. The molecule has 0 amide bonds. The Hall–Kier alpha value is -7.42. The number of hydrogen-bond acceptors (Lipinski definition) is 2. The maximum atomic E-state index is 6.33. The minimum Gasteiger partial charge on any atom is -0.456 e. The van der Waals surface area contributed by atoms with Crippen LogP contribution in [0.3, 0.4) is 0 Å². The van der Waals surface area contributed by atoms with Gasteiger partial charge in [0, 0.05) is 27.7 Å². The Morgan fingerprint density at radius 2 is 0.895 bits per heavy atom. The van der Waals surface area contributed by atoms with Crippen molar-refractivity contribution in [3.8, 4) is 44.5 Å². The summed E-state index contributed by atoms with van der Waals surface area (Å²) >= 11 is 0. The summed E-state index contributed by atoms with van der Waals surface area (Å²) in [5.41, 5.74) is 19.8. The predicted molar refractivity (Wildman–Crippen MR) is 236 cm³/mol. The van der Waals surface area contributed by atoms with Crippen LogP contribution in [0, 0.1) is 0 Å². The standard InChI is InChI=1S/C55H35NO/c1-3-16-36(17-4-1)40-24-15-28-51(54(40)37-30-33-53-46(34-37)45-23-10-14-29-52(45)57-53)56(38-18-5-2-6-19-38)39-31-32-44-43-22-9-13-27-49(43)55(50(44)35-39)47-25-11-7-20-41(47)42-21-8-12-26-48(42)55/h1-35H. The van der Waals surface area contributed by atoms with Gasteiger partial charge in [-0.15, -0.1) is 0 Å². The van der Waals surface area contributed by atoms with Gasteiger partial charge in [0.2, 0.25) is 0 Å². The van der Waals surface area contributed by atoms with Gasteiger partial charge < -0.3 is 9.32 Å². The fourth-order valence-corrected chi connectivity index (χ4v) is 10.00. The molecule has 1 aromatic heterocycles. The minimum atomic E-state index is -0.445. The van der Waals surface area contributed by atoms with Crippen LogP contribution in [0.1, 0.15) is 22.3 Å². The zero-order valence-electron chi connectivity index (χ0n) is 31.1. The van der Waals surface area contributed by atoms with Gasteiger partial charge in [0.25, 0.3) is 0 Å². The fourth-order valence-electron chi connectivity index (χ4n) is 10.00. The SMILES string of the molecule is c1ccc(-c2cccc(N(c3ccccc3)c3ccc4c(c3)C3(c5ccccc5-c5ccccc53)c3ccccc3-4)c2-c2ccc3oc4ccccc4c3c2)cc1. The molecule has 2 aliphatic carbocycles. The molecule has 10 aromatic rings. The molecule has 2 nitrogen and oxygen atoms in total. The highest BCUT2D eigenvalue weighted by Gasteiger charge is 2.51. The third-order valence-electron chi connectivity index (χ3n) is 12.3. The van der Waals surface area contributed by atoms with Crippen molar-refractivity contribution in [3.63, 3.8) is 0 Å². The van der Waals surface area contributed by atoms with Gasteiger partial charge >= 0.3 is 0 Å². The molecule has 1 heterocycles. The first-order chi connectivity index (χ1) is 28.3. The van der Waals surface area contributed by atoms with Crippen LogP contribution in [0.15, 0.2) is 217 Å². The van der Waals surface area contributed by atoms with E-state index in [2.05, 4.69) is 211 Å². The predicted octanol–water partition coefficient (Wildman–Crippen LogP) is 14.7. The van der Waals surface area contributed by atoms with Crippen molar-refractivity contribution >= 4 is 39.0 Å². The first-order valence-corrected chi connectivity index (χ1v) is 19.7. The van der Waals surface area contributed by atoms with E-state index in [9.17, 15) is 0 Å². The molecule has 12 rings (SSSR count). The molecule has 2 heteroatoms. The molecule has 0 atom stereocenters. The van der Waals surface area contributed by atoms with E-state index in [-0.39, 0.29) is 0 Å². The van der Waals surface area contributed by atoms with Gasteiger partial charge in [-0.25, -0.2) is 0 Å². The molecule has 0 aliphatic heterocycles. The monoisotopic (exact) mass is 725 g/mol. The maximum absolute atomic E-state index is 6.33. The van der Waals surface area contributed by atoms with Gasteiger partial charge in [0.15, 0.2) is 0 Å². The molecular weight excluding hydrogens is 691 g/mol. The summed E-state index contributed by atoms with van der Waals surface area (Å²) in [6.07, 6.45) is 0. The summed E-state index contributed by atoms with van der Waals surface area (Å²) in [5.74, 6) is 0. The summed E-state index contributed by atoms with van der Waals surface area (Å²) < 4.78 is 6.33. The lowest BCUT2D eigenvalue weighted by Crippen LogP contribution is -2.26. The highest BCUT2D eigenvalue weighted by Crippen LogP contribution is 2.63. The number of anilines is 3. The van der Waals surface area contributed by atoms with Crippen LogP contribution in [0.25, 0.3) is 66.4 Å². The van der Waals surface area contributed by atoms with E-state index in [1.165, 1.54) is 55.6 Å². The molecule has 0 bridgehead atoms. The minimum absolute atomic E-state index is 0.445. The largest absolute Gasteiger partial charge is 0.456 e. The van der Waals surface area contributed by atoms with E-state index in [1.807, 2.05) is 6.07 Å². The Morgan fingerprint density at radius 1 is 0.333 bits per heavy atom. The van der Waals surface area contributed by atoms with Crippen molar-refractivity contribution < 1.29 is 4.42 Å². The van der Waals surface area contributed by atoms with E-state index in [4.69, 9.17) is 4.42 Å². The molecule has 2 aliphatic rings. The van der Waals surface area contributed by atoms with Crippen molar-refractivity contribution in [1.29, 1.82) is 0 Å². The molecule has 9 aromatic carbocycles. The second-order valence-electron chi connectivity index (χ2n) is 15.2. The molecule has 57 heavy (non-hydrogen) atoms. The van der Waals surface area contributed by atoms with Gasteiger partial charge in [0.1, 0.15) is 11.2 Å². The molecule has 0 unspecified atom stereocenters. The number of rotatable bonds is 5. The highest BCUT2D eigenvalue weighted by atomic mass is 16.3. The average molecular weight is 726 g/mol. The Kier molecular flexibility index (Phi) is 6.88. The fraction of sp³-hybridized carbons (Fsp3) is 0.0182. The van der Waals surface area contributed by atoms with Crippen molar-refractivity contribution in [3.05, 3.63) is 235 Å². The van der Waals surface area contributed by atoms with Crippen molar-refractivity contribution in [2.45, 2.75) is 5.41 Å². The summed E-state index contributed by atoms with van der Waals surface area (Å²) in [5, 5.41) is 2.23. The van der Waals surface area contributed by atoms with Gasteiger partial charge in [-0.2, -0.15) is 0 Å². The normalized spacial score (nSPS) is 13.1. The van der Waals surface area contributed by atoms with Crippen LogP contribution < -0.4 is 4.90 Å². The lowest BCUT2D eigenvalue weighted by molar-refractivity contribution is 0.669. The molecular formula is C55H35NO. The Balaban J connectivity index is 1.15. The zero-order chi connectivity index (χ0) is 37.5. The molecule has 1 spiro atoms. The number of benzene rings is 9. The molecule has 0 saturated carbocycles. The van der Waals surface area contributed by atoms with E-state index < -0.39 is 5.41 Å². The summed E-state index contributed by atoms with van der Waals surface area (Å²) in [6, 6.07) is 77.6. The molecule has 266 valence electrons. The van der Waals surface area contributed by atoms with Gasteiger partial charge in [-0.05, 0) is 110 Å². The van der Waals surface area contributed by atoms with Crippen LogP contribution >= 0.6 is 0 Å². The number of hydrogen-bond donors (Lipinski definition) is 0.